The molecule has 0 radical (unpaired) electrons. The number of aromatic nitrogens is 2. The van der Waals surface area contributed by atoms with E-state index in [-0.39, 0.29) is 11.5 Å². The fourth-order valence-corrected chi connectivity index (χ4v) is 2.52. The van der Waals surface area contributed by atoms with Gasteiger partial charge in [-0.25, -0.2) is 4.68 Å². The molecule has 3 rings (SSSR count). The number of carbonyl (C=O) groups is 1. The Labute approximate surface area is 149 Å². The number of amides is 1. The van der Waals surface area contributed by atoms with Gasteiger partial charge in [-0.05, 0) is 49.7 Å². The average Bonchev–Trinajstić information content (AvgIpc) is 3.13. The molecule has 0 saturated carbocycles. The molecule has 1 unspecified atom stereocenters. The SMILES string of the molecule is Cc1c(Cl)cccc1NC(=O)C(C)n1nc(-c2ccco2)ccc1=O. The van der Waals surface area contributed by atoms with E-state index in [2.05, 4.69) is 10.4 Å². The Morgan fingerprint density at radius 1 is 1.24 bits per heavy atom. The molecule has 0 aliphatic heterocycles. The van der Waals surface area contributed by atoms with Crippen LogP contribution in [-0.2, 0) is 4.79 Å². The number of halogens is 1. The van der Waals surface area contributed by atoms with E-state index in [1.165, 1.54) is 12.3 Å². The maximum atomic E-state index is 12.5. The molecule has 6 nitrogen and oxygen atoms in total. The Hall–Kier alpha value is -2.86. The van der Waals surface area contributed by atoms with Gasteiger partial charge in [0.2, 0.25) is 5.91 Å². The predicted molar refractivity (Wildman–Crippen MR) is 95.7 cm³/mol. The third-order valence-electron chi connectivity index (χ3n) is 3.87. The van der Waals surface area contributed by atoms with Crippen LogP contribution in [0.1, 0.15) is 18.5 Å². The van der Waals surface area contributed by atoms with Crippen molar-refractivity contribution < 1.29 is 9.21 Å². The van der Waals surface area contributed by atoms with E-state index in [0.29, 0.717) is 22.2 Å². The second-order valence-corrected chi connectivity index (χ2v) is 5.96. The van der Waals surface area contributed by atoms with Crippen LogP contribution >= 0.6 is 11.6 Å². The van der Waals surface area contributed by atoms with E-state index >= 15 is 0 Å². The van der Waals surface area contributed by atoms with Gasteiger partial charge in [0.25, 0.3) is 5.56 Å². The summed E-state index contributed by atoms with van der Waals surface area (Å²) >= 11 is 6.07. The van der Waals surface area contributed by atoms with Gasteiger partial charge < -0.3 is 9.73 Å². The lowest BCUT2D eigenvalue weighted by molar-refractivity contribution is -0.119. The summed E-state index contributed by atoms with van der Waals surface area (Å²) in [6.07, 6.45) is 1.52. The molecule has 0 saturated heterocycles. The Kier molecular flexibility index (Phi) is 4.72. The first kappa shape index (κ1) is 17.0. The van der Waals surface area contributed by atoms with Crippen molar-refractivity contribution in [1.82, 2.24) is 9.78 Å². The van der Waals surface area contributed by atoms with Crippen molar-refractivity contribution in [1.29, 1.82) is 0 Å². The molecule has 2 aromatic heterocycles. The molecule has 0 aliphatic carbocycles. The number of hydrogen-bond acceptors (Lipinski definition) is 4. The maximum absolute atomic E-state index is 12.5. The summed E-state index contributed by atoms with van der Waals surface area (Å²) in [5, 5.41) is 7.58. The zero-order valence-corrected chi connectivity index (χ0v) is 14.4. The highest BCUT2D eigenvalue weighted by molar-refractivity contribution is 6.31. The molecule has 1 atom stereocenters. The van der Waals surface area contributed by atoms with Crippen molar-refractivity contribution in [3.05, 3.63) is 69.7 Å². The molecule has 1 amide bonds. The highest BCUT2D eigenvalue weighted by Gasteiger charge is 2.19. The number of benzene rings is 1. The van der Waals surface area contributed by atoms with Gasteiger partial charge in [0, 0.05) is 16.8 Å². The van der Waals surface area contributed by atoms with Crippen LogP contribution in [0.15, 0.2) is 57.9 Å². The molecule has 1 aromatic carbocycles. The highest BCUT2D eigenvalue weighted by atomic mass is 35.5. The summed E-state index contributed by atoms with van der Waals surface area (Å²) in [5.41, 5.74) is 1.46. The Bertz CT molecular complexity index is 964. The van der Waals surface area contributed by atoms with Crippen molar-refractivity contribution >= 4 is 23.2 Å². The van der Waals surface area contributed by atoms with Gasteiger partial charge in [0.15, 0.2) is 5.76 Å². The Balaban J connectivity index is 1.88. The zero-order valence-electron chi connectivity index (χ0n) is 13.7. The largest absolute Gasteiger partial charge is 0.463 e. The first-order chi connectivity index (χ1) is 12.0. The molecule has 0 spiro atoms. The molecular weight excluding hydrogens is 342 g/mol. The molecular formula is C18H16ClN3O3. The van der Waals surface area contributed by atoms with Crippen LogP contribution in [-0.4, -0.2) is 15.7 Å². The number of anilines is 1. The lowest BCUT2D eigenvalue weighted by atomic mass is 10.2. The second kappa shape index (κ2) is 6.94. The van der Waals surface area contributed by atoms with Crippen molar-refractivity contribution in [3.63, 3.8) is 0 Å². The van der Waals surface area contributed by atoms with E-state index in [1.54, 1.807) is 43.3 Å². The van der Waals surface area contributed by atoms with Gasteiger partial charge in [-0.15, -0.1) is 0 Å². The Morgan fingerprint density at radius 3 is 2.76 bits per heavy atom. The molecule has 2 heterocycles. The highest BCUT2D eigenvalue weighted by Crippen LogP contribution is 2.24. The number of nitrogens with one attached hydrogen (secondary N) is 1. The smallest absolute Gasteiger partial charge is 0.267 e. The number of hydrogen-bond donors (Lipinski definition) is 1. The van der Waals surface area contributed by atoms with Crippen LogP contribution < -0.4 is 10.9 Å². The zero-order chi connectivity index (χ0) is 18.0. The van der Waals surface area contributed by atoms with Crippen molar-refractivity contribution in [2.24, 2.45) is 0 Å². The van der Waals surface area contributed by atoms with Gasteiger partial charge in [-0.2, -0.15) is 5.10 Å². The maximum Gasteiger partial charge on any atom is 0.267 e. The standard InChI is InChI=1S/C18H16ClN3O3/c1-11-13(19)5-3-6-14(11)20-18(24)12(2)22-17(23)9-8-15(21-22)16-7-4-10-25-16/h3-10,12H,1-2H3,(H,20,24). The van der Waals surface area contributed by atoms with E-state index in [1.807, 2.05) is 6.92 Å². The lowest BCUT2D eigenvalue weighted by Crippen LogP contribution is -2.33. The van der Waals surface area contributed by atoms with Crippen LogP contribution in [0.25, 0.3) is 11.5 Å². The number of rotatable bonds is 4. The Morgan fingerprint density at radius 2 is 2.04 bits per heavy atom. The number of nitrogens with zero attached hydrogens (tertiary/aromatic N) is 2. The van der Waals surface area contributed by atoms with Gasteiger partial charge in [-0.3, -0.25) is 9.59 Å². The monoisotopic (exact) mass is 357 g/mol. The van der Waals surface area contributed by atoms with E-state index in [0.717, 1.165) is 10.2 Å². The minimum Gasteiger partial charge on any atom is -0.463 e. The molecule has 0 fully saturated rings. The third kappa shape index (κ3) is 3.49. The van der Waals surface area contributed by atoms with Gasteiger partial charge in [0.1, 0.15) is 11.7 Å². The molecule has 7 heteroatoms. The fourth-order valence-electron chi connectivity index (χ4n) is 2.35. The van der Waals surface area contributed by atoms with Crippen LogP contribution in [0, 0.1) is 6.92 Å². The molecule has 0 aliphatic rings. The van der Waals surface area contributed by atoms with Crippen LogP contribution in [0.5, 0.6) is 0 Å². The molecule has 1 N–H and O–H groups in total. The normalized spacial score (nSPS) is 12.0. The van der Waals surface area contributed by atoms with E-state index in [4.69, 9.17) is 16.0 Å². The second-order valence-electron chi connectivity index (χ2n) is 5.56. The lowest BCUT2D eigenvalue weighted by Gasteiger charge is -2.16. The minimum absolute atomic E-state index is 0.364. The van der Waals surface area contributed by atoms with Crippen LogP contribution in [0.3, 0.4) is 0 Å². The summed E-state index contributed by atoms with van der Waals surface area (Å²) in [7, 11) is 0. The summed E-state index contributed by atoms with van der Waals surface area (Å²) in [6, 6.07) is 10.8. The summed E-state index contributed by atoms with van der Waals surface area (Å²) in [5.74, 6) is 0.156. The van der Waals surface area contributed by atoms with Gasteiger partial charge in [0.05, 0.1) is 6.26 Å². The van der Waals surface area contributed by atoms with Crippen LogP contribution in [0.2, 0.25) is 5.02 Å². The summed E-state index contributed by atoms with van der Waals surface area (Å²) < 4.78 is 6.42. The molecule has 128 valence electrons. The van der Waals surface area contributed by atoms with Crippen molar-refractivity contribution in [3.8, 4) is 11.5 Å². The van der Waals surface area contributed by atoms with Gasteiger partial charge in [-0.1, -0.05) is 17.7 Å². The van der Waals surface area contributed by atoms with E-state index in [9.17, 15) is 9.59 Å². The first-order valence-corrected chi connectivity index (χ1v) is 8.05. The molecule has 0 bridgehead atoms. The number of carbonyl (C=O) groups excluding carboxylic acids is 1. The minimum atomic E-state index is -0.805. The third-order valence-corrected chi connectivity index (χ3v) is 4.28. The average molecular weight is 358 g/mol. The van der Waals surface area contributed by atoms with Crippen molar-refractivity contribution in [2.45, 2.75) is 19.9 Å². The summed E-state index contributed by atoms with van der Waals surface area (Å²) in [6.45, 7) is 3.42. The van der Waals surface area contributed by atoms with Gasteiger partial charge >= 0.3 is 0 Å². The number of furan rings is 1. The van der Waals surface area contributed by atoms with E-state index < -0.39 is 6.04 Å². The predicted octanol–water partition coefficient (Wildman–Crippen LogP) is 3.66. The topological polar surface area (TPSA) is 77.1 Å². The van der Waals surface area contributed by atoms with Crippen LogP contribution in [0.4, 0.5) is 5.69 Å². The first-order valence-electron chi connectivity index (χ1n) is 7.67. The summed E-state index contributed by atoms with van der Waals surface area (Å²) in [4.78, 5) is 24.7. The molecule has 3 aromatic rings. The van der Waals surface area contributed by atoms with Crippen molar-refractivity contribution in [2.75, 3.05) is 5.32 Å². The molecule has 25 heavy (non-hydrogen) atoms. The fraction of sp³-hybridized carbons (Fsp3) is 0.167. The quantitative estimate of drug-likeness (QED) is 0.772.